The molecule has 2 N–H and O–H groups in total. The maximum Gasteiger partial charge on any atom is 0.153 e. The smallest absolute Gasteiger partial charge is 0.153 e. The van der Waals surface area contributed by atoms with Gasteiger partial charge in [-0.05, 0) is 6.42 Å². The first-order valence-corrected chi connectivity index (χ1v) is 8.54. The molecule has 0 spiro atoms. The van der Waals surface area contributed by atoms with Crippen LogP contribution < -0.4 is 5.32 Å². The van der Waals surface area contributed by atoms with Crippen LogP contribution in [0.2, 0.25) is 0 Å². The van der Waals surface area contributed by atoms with Crippen LogP contribution in [0.4, 0.5) is 0 Å². The Morgan fingerprint density at radius 3 is 2.87 bits per heavy atom. The Morgan fingerprint density at radius 2 is 2.17 bits per heavy atom. The molecule has 1 aliphatic rings. The first-order valence-electron chi connectivity index (χ1n) is 8.54. The van der Waals surface area contributed by atoms with Crippen LogP contribution in [-0.2, 0) is 24.9 Å². The van der Waals surface area contributed by atoms with Crippen LogP contribution in [0.5, 0.6) is 0 Å². The average Bonchev–Trinajstić information content (AvgIpc) is 3.10. The van der Waals surface area contributed by atoms with Gasteiger partial charge in [0.2, 0.25) is 0 Å². The van der Waals surface area contributed by atoms with Gasteiger partial charge in [0.15, 0.2) is 5.82 Å². The van der Waals surface area contributed by atoms with Crippen LogP contribution in [0, 0.1) is 0 Å². The zero-order valence-corrected chi connectivity index (χ0v) is 14.8. The van der Waals surface area contributed by atoms with Crippen molar-refractivity contribution in [3.8, 4) is 0 Å². The fraction of sp³-hybridized carbons (Fsp3) is 0.706. The first-order chi connectivity index (χ1) is 10.8. The summed E-state index contributed by atoms with van der Waals surface area (Å²) in [6.07, 6.45) is 4.04. The molecule has 1 aliphatic heterocycles. The highest BCUT2D eigenvalue weighted by molar-refractivity contribution is 5.23. The van der Waals surface area contributed by atoms with Gasteiger partial charge in [0.1, 0.15) is 5.82 Å². The van der Waals surface area contributed by atoms with Gasteiger partial charge in [0, 0.05) is 41.6 Å². The minimum absolute atomic E-state index is 0.0886. The van der Waals surface area contributed by atoms with Gasteiger partial charge in [-0.1, -0.05) is 34.6 Å². The molecule has 6 heteroatoms. The van der Waals surface area contributed by atoms with E-state index in [0.717, 1.165) is 37.6 Å². The standard InChI is InChI=1S/C17H28N6/c1-11(2)16-20-14-7-6-13(10-23(14)22-16)18-8-12-9-19-21-15(12)17(3,4)5/h9,11,13,18H,6-8,10H2,1-5H3,(H,19,21)/t13-/m0/s1. The Morgan fingerprint density at radius 1 is 1.39 bits per heavy atom. The van der Waals surface area contributed by atoms with Crippen molar-refractivity contribution in [2.45, 2.75) is 77.9 Å². The van der Waals surface area contributed by atoms with E-state index >= 15 is 0 Å². The van der Waals surface area contributed by atoms with Crippen LogP contribution in [0.25, 0.3) is 0 Å². The highest BCUT2D eigenvalue weighted by atomic mass is 15.4. The molecule has 6 nitrogen and oxygen atoms in total. The molecular formula is C17H28N6. The molecule has 2 aromatic rings. The molecular weight excluding hydrogens is 288 g/mol. The number of aromatic nitrogens is 5. The first kappa shape index (κ1) is 16.2. The molecule has 23 heavy (non-hydrogen) atoms. The molecule has 0 unspecified atom stereocenters. The fourth-order valence-corrected chi connectivity index (χ4v) is 3.09. The molecule has 0 bridgehead atoms. The van der Waals surface area contributed by atoms with Crippen LogP contribution in [0.15, 0.2) is 6.20 Å². The van der Waals surface area contributed by atoms with E-state index in [2.05, 4.69) is 64.9 Å². The van der Waals surface area contributed by atoms with Gasteiger partial charge in [-0.3, -0.25) is 5.10 Å². The molecule has 0 saturated heterocycles. The van der Waals surface area contributed by atoms with E-state index in [1.165, 1.54) is 11.3 Å². The number of rotatable bonds is 4. The summed E-state index contributed by atoms with van der Waals surface area (Å²) < 4.78 is 2.08. The molecule has 0 amide bonds. The van der Waals surface area contributed by atoms with E-state index < -0.39 is 0 Å². The Kier molecular flexibility index (Phi) is 4.27. The van der Waals surface area contributed by atoms with Crippen molar-refractivity contribution in [1.29, 1.82) is 0 Å². The molecule has 126 valence electrons. The second-order valence-electron chi connectivity index (χ2n) is 7.86. The molecule has 3 rings (SSSR count). The third-order valence-corrected chi connectivity index (χ3v) is 4.44. The summed E-state index contributed by atoms with van der Waals surface area (Å²) in [5.41, 5.74) is 2.56. The zero-order valence-electron chi connectivity index (χ0n) is 14.8. The summed E-state index contributed by atoms with van der Waals surface area (Å²) in [5, 5.41) is 15.7. The van der Waals surface area contributed by atoms with Crippen LogP contribution in [-0.4, -0.2) is 31.0 Å². The molecule has 3 heterocycles. The quantitative estimate of drug-likeness (QED) is 0.909. The summed E-state index contributed by atoms with van der Waals surface area (Å²) in [6, 6.07) is 0.437. The van der Waals surface area contributed by atoms with Crippen molar-refractivity contribution >= 4 is 0 Å². The lowest BCUT2D eigenvalue weighted by atomic mass is 9.89. The highest BCUT2D eigenvalue weighted by Gasteiger charge is 2.24. The van der Waals surface area contributed by atoms with E-state index in [1.54, 1.807) is 0 Å². The zero-order chi connectivity index (χ0) is 16.6. The van der Waals surface area contributed by atoms with Gasteiger partial charge >= 0.3 is 0 Å². The SMILES string of the molecule is CC(C)c1nc2n(n1)C[C@@H](NCc1cn[nH]c1C(C)(C)C)CC2. The number of aryl methyl sites for hydroxylation is 1. The second kappa shape index (κ2) is 6.07. The summed E-state index contributed by atoms with van der Waals surface area (Å²) in [5.74, 6) is 2.48. The van der Waals surface area contributed by atoms with Gasteiger partial charge in [-0.2, -0.15) is 10.2 Å². The van der Waals surface area contributed by atoms with Gasteiger partial charge in [0.25, 0.3) is 0 Å². The number of hydrogen-bond acceptors (Lipinski definition) is 4. The minimum atomic E-state index is 0.0886. The normalized spacial score (nSPS) is 18.4. The van der Waals surface area contributed by atoms with Gasteiger partial charge in [-0.15, -0.1) is 0 Å². The van der Waals surface area contributed by atoms with E-state index in [1.807, 2.05) is 6.20 Å². The summed E-state index contributed by atoms with van der Waals surface area (Å²) >= 11 is 0. The predicted octanol–water partition coefficient (Wildman–Crippen LogP) is 2.53. The Hall–Kier alpha value is -1.69. The Labute approximate surface area is 138 Å². The van der Waals surface area contributed by atoms with Crippen molar-refractivity contribution < 1.29 is 0 Å². The lowest BCUT2D eigenvalue weighted by Gasteiger charge is -2.24. The van der Waals surface area contributed by atoms with E-state index in [9.17, 15) is 0 Å². The largest absolute Gasteiger partial charge is 0.308 e. The van der Waals surface area contributed by atoms with Crippen molar-refractivity contribution in [1.82, 2.24) is 30.3 Å². The molecule has 0 aromatic carbocycles. The van der Waals surface area contributed by atoms with Crippen LogP contribution in [0.3, 0.4) is 0 Å². The van der Waals surface area contributed by atoms with E-state index in [0.29, 0.717) is 12.0 Å². The maximum atomic E-state index is 4.65. The Balaban J connectivity index is 1.63. The Bertz CT molecular complexity index is 661. The van der Waals surface area contributed by atoms with Crippen molar-refractivity contribution in [3.05, 3.63) is 29.1 Å². The summed E-state index contributed by atoms with van der Waals surface area (Å²) in [4.78, 5) is 4.65. The van der Waals surface area contributed by atoms with Crippen LogP contribution in [0.1, 0.15) is 69.9 Å². The second-order valence-corrected chi connectivity index (χ2v) is 7.86. The molecule has 2 aromatic heterocycles. The van der Waals surface area contributed by atoms with Crippen molar-refractivity contribution in [2.75, 3.05) is 0 Å². The minimum Gasteiger partial charge on any atom is -0.308 e. The number of aromatic amines is 1. The number of nitrogens with zero attached hydrogens (tertiary/aromatic N) is 4. The van der Waals surface area contributed by atoms with Crippen molar-refractivity contribution in [2.24, 2.45) is 0 Å². The van der Waals surface area contributed by atoms with Gasteiger partial charge in [0.05, 0.1) is 12.7 Å². The van der Waals surface area contributed by atoms with Gasteiger partial charge in [-0.25, -0.2) is 9.67 Å². The molecule has 0 fully saturated rings. The predicted molar refractivity (Wildman–Crippen MR) is 90.3 cm³/mol. The maximum absolute atomic E-state index is 4.65. The highest BCUT2D eigenvalue weighted by Crippen LogP contribution is 2.24. The fourth-order valence-electron chi connectivity index (χ4n) is 3.09. The molecule has 0 radical (unpaired) electrons. The van der Waals surface area contributed by atoms with Crippen LogP contribution >= 0.6 is 0 Å². The lowest BCUT2D eigenvalue weighted by Crippen LogP contribution is -2.37. The number of hydrogen-bond donors (Lipinski definition) is 2. The molecule has 1 atom stereocenters. The monoisotopic (exact) mass is 316 g/mol. The van der Waals surface area contributed by atoms with E-state index in [4.69, 9.17) is 0 Å². The molecule has 0 aliphatic carbocycles. The van der Waals surface area contributed by atoms with E-state index in [-0.39, 0.29) is 5.41 Å². The average molecular weight is 316 g/mol. The number of nitrogens with one attached hydrogen (secondary N) is 2. The molecule has 0 saturated carbocycles. The number of fused-ring (bicyclic) bond motifs is 1. The topological polar surface area (TPSA) is 71.4 Å². The summed E-state index contributed by atoms with van der Waals surface area (Å²) in [6.45, 7) is 12.7. The lowest BCUT2D eigenvalue weighted by molar-refractivity contribution is 0.356. The third-order valence-electron chi connectivity index (χ3n) is 4.44. The third kappa shape index (κ3) is 3.47. The van der Waals surface area contributed by atoms with Gasteiger partial charge < -0.3 is 5.32 Å². The van der Waals surface area contributed by atoms with Crippen molar-refractivity contribution in [3.63, 3.8) is 0 Å². The number of H-pyrrole nitrogens is 1. The summed E-state index contributed by atoms with van der Waals surface area (Å²) in [7, 11) is 0.